The van der Waals surface area contributed by atoms with Crippen LogP contribution in [0.4, 0.5) is 18.9 Å². The maximum Gasteiger partial charge on any atom is 0.416 e. The molecule has 1 N–H and O–H groups in total. The summed E-state index contributed by atoms with van der Waals surface area (Å²) in [6.07, 6.45) is -5.92. The first kappa shape index (κ1) is 20.8. The summed E-state index contributed by atoms with van der Waals surface area (Å²) in [4.78, 5) is 24.6. The molecule has 2 aromatic carbocycles. The van der Waals surface area contributed by atoms with Gasteiger partial charge in [-0.2, -0.15) is 13.2 Å². The van der Waals surface area contributed by atoms with E-state index in [0.717, 1.165) is 18.2 Å². The lowest BCUT2D eigenvalue weighted by atomic mass is 10.1. The molecule has 0 aliphatic rings. The van der Waals surface area contributed by atoms with E-state index in [1.165, 1.54) is 0 Å². The van der Waals surface area contributed by atoms with Crippen LogP contribution in [0.15, 0.2) is 48.5 Å². The molecule has 0 saturated carbocycles. The summed E-state index contributed by atoms with van der Waals surface area (Å²) >= 11 is 5.91. The van der Waals surface area contributed by atoms with Crippen LogP contribution in [0.1, 0.15) is 31.1 Å². The Morgan fingerprint density at radius 1 is 1.07 bits per heavy atom. The number of carbonyl (C=O) groups excluding carboxylic acids is 2. The van der Waals surface area contributed by atoms with Crippen LogP contribution >= 0.6 is 11.6 Å². The molecule has 0 aromatic heterocycles. The summed E-state index contributed by atoms with van der Waals surface area (Å²) in [6, 6.07) is 10.7. The molecule has 0 bridgehead atoms. The van der Waals surface area contributed by atoms with Gasteiger partial charge in [0.05, 0.1) is 22.2 Å². The maximum absolute atomic E-state index is 12.9. The number of nitrogens with one attached hydrogen (secondary N) is 1. The number of anilines is 1. The molecule has 144 valence electrons. The van der Waals surface area contributed by atoms with Crippen molar-refractivity contribution in [1.29, 1.82) is 0 Å². The van der Waals surface area contributed by atoms with Crippen molar-refractivity contribution in [3.05, 3.63) is 64.7 Å². The maximum atomic E-state index is 12.9. The zero-order valence-electron chi connectivity index (χ0n) is 14.5. The number of rotatable bonds is 5. The quantitative estimate of drug-likeness (QED) is 0.700. The fourth-order valence-electron chi connectivity index (χ4n) is 2.15. The van der Waals surface area contributed by atoms with E-state index in [9.17, 15) is 22.8 Å². The minimum absolute atomic E-state index is 0.0710. The second-order valence-corrected chi connectivity index (χ2v) is 6.47. The van der Waals surface area contributed by atoms with E-state index in [0.29, 0.717) is 5.56 Å². The van der Waals surface area contributed by atoms with E-state index in [1.54, 1.807) is 44.2 Å². The van der Waals surface area contributed by atoms with Crippen LogP contribution in [0.5, 0.6) is 0 Å². The molecule has 0 unspecified atom stereocenters. The standard InChI is InChI=1S/C19H17ClF3NO3/c1-11(2)18(26)27-16(12-6-4-3-5-7-12)17(25)24-15-10-13(19(21,22)23)8-9-14(15)20/h3-11,16H,1-2H3,(H,24,25)/t16-/m0/s1. The van der Waals surface area contributed by atoms with Crippen LogP contribution in [0.25, 0.3) is 0 Å². The fraction of sp³-hybridized carbons (Fsp3) is 0.263. The van der Waals surface area contributed by atoms with Gasteiger partial charge in [0.15, 0.2) is 0 Å². The first-order chi connectivity index (χ1) is 12.6. The van der Waals surface area contributed by atoms with E-state index >= 15 is 0 Å². The van der Waals surface area contributed by atoms with Gasteiger partial charge in [-0.05, 0) is 18.2 Å². The first-order valence-electron chi connectivity index (χ1n) is 8.02. The van der Waals surface area contributed by atoms with Gasteiger partial charge in [-0.3, -0.25) is 9.59 Å². The van der Waals surface area contributed by atoms with E-state index in [2.05, 4.69) is 5.32 Å². The van der Waals surface area contributed by atoms with Gasteiger partial charge < -0.3 is 10.1 Å². The van der Waals surface area contributed by atoms with Crippen molar-refractivity contribution in [2.75, 3.05) is 5.32 Å². The molecular weight excluding hydrogens is 383 g/mol. The predicted octanol–water partition coefficient (Wildman–Crippen LogP) is 5.24. The Labute approximate surface area is 159 Å². The molecule has 27 heavy (non-hydrogen) atoms. The Morgan fingerprint density at radius 2 is 1.70 bits per heavy atom. The summed E-state index contributed by atoms with van der Waals surface area (Å²) in [5.41, 5.74) is -0.803. The Balaban J connectivity index is 2.32. The number of hydrogen-bond donors (Lipinski definition) is 1. The Kier molecular flexibility index (Phi) is 6.49. The summed E-state index contributed by atoms with van der Waals surface area (Å²) in [6.45, 7) is 3.21. The largest absolute Gasteiger partial charge is 0.447 e. The molecule has 1 amide bonds. The molecule has 0 spiro atoms. The average Bonchev–Trinajstić information content (AvgIpc) is 2.60. The molecule has 1 atom stereocenters. The topological polar surface area (TPSA) is 55.4 Å². The first-order valence-corrected chi connectivity index (χ1v) is 8.40. The second kappa shape index (κ2) is 8.43. The van der Waals surface area contributed by atoms with Crippen molar-refractivity contribution in [3.8, 4) is 0 Å². The van der Waals surface area contributed by atoms with Crippen molar-refractivity contribution < 1.29 is 27.5 Å². The van der Waals surface area contributed by atoms with Crippen LogP contribution in [-0.4, -0.2) is 11.9 Å². The van der Waals surface area contributed by atoms with Gasteiger partial charge in [0.25, 0.3) is 5.91 Å². The summed E-state index contributed by atoms with van der Waals surface area (Å²) in [5, 5.41) is 2.25. The van der Waals surface area contributed by atoms with Crippen LogP contribution in [0.3, 0.4) is 0 Å². The number of halogens is 4. The minimum atomic E-state index is -4.59. The van der Waals surface area contributed by atoms with Gasteiger partial charge in [-0.25, -0.2) is 0 Å². The second-order valence-electron chi connectivity index (χ2n) is 6.06. The lowest BCUT2D eigenvalue weighted by Crippen LogP contribution is -2.27. The molecule has 0 aliphatic heterocycles. The number of ether oxygens (including phenoxy) is 1. The lowest BCUT2D eigenvalue weighted by Gasteiger charge is -2.20. The number of carbonyl (C=O) groups is 2. The number of hydrogen-bond acceptors (Lipinski definition) is 3. The van der Waals surface area contributed by atoms with Gasteiger partial charge in [0, 0.05) is 5.56 Å². The van der Waals surface area contributed by atoms with E-state index in [4.69, 9.17) is 16.3 Å². The number of esters is 1. The van der Waals surface area contributed by atoms with Crippen molar-refractivity contribution in [2.45, 2.75) is 26.1 Å². The highest BCUT2D eigenvalue weighted by Gasteiger charge is 2.32. The molecule has 0 radical (unpaired) electrons. The summed E-state index contributed by atoms with van der Waals surface area (Å²) < 4.78 is 43.9. The molecule has 4 nitrogen and oxygen atoms in total. The van der Waals surface area contributed by atoms with Gasteiger partial charge >= 0.3 is 12.1 Å². The fourth-order valence-corrected chi connectivity index (χ4v) is 2.31. The molecular formula is C19H17ClF3NO3. The minimum Gasteiger partial charge on any atom is -0.447 e. The third kappa shape index (κ3) is 5.47. The van der Waals surface area contributed by atoms with Crippen LogP contribution in [0.2, 0.25) is 5.02 Å². The Hall–Kier alpha value is -2.54. The van der Waals surface area contributed by atoms with Crippen molar-refractivity contribution in [3.63, 3.8) is 0 Å². The van der Waals surface area contributed by atoms with Crippen LogP contribution in [0, 0.1) is 5.92 Å². The molecule has 2 aromatic rings. The van der Waals surface area contributed by atoms with Gasteiger partial charge in [-0.15, -0.1) is 0 Å². The van der Waals surface area contributed by atoms with E-state index in [-0.39, 0.29) is 10.7 Å². The monoisotopic (exact) mass is 399 g/mol. The highest BCUT2D eigenvalue weighted by Crippen LogP contribution is 2.34. The molecule has 8 heteroatoms. The SMILES string of the molecule is CC(C)C(=O)O[C@H](C(=O)Nc1cc(C(F)(F)F)ccc1Cl)c1ccccc1. The van der Waals surface area contributed by atoms with Crippen LogP contribution < -0.4 is 5.32 Å². The summed E-state index contributed by atoms with van der Waals surface area (Å²) in [5.74, 6) is -1.91. The highest BCUT2D eigenvalue weighted by molar-refractivity contribution is 6.33. The predicted molar refractivity (Wildman–Crippen MR) is 95.2 cm³/mol. The molecule has 0 saturated heterocycles. The van der Waals surface area contributed by atoms with Gasteiger partial charge in [0.2, 0.25) is 6.10 Å². The third-order valence-electron chi connectivity index (χ3n) is 3.60. The molecule has 2 rings (SSSR count). The number of alkyl halides is 3. The van der Waals surface area contributed by atoms with Gasteiger partial charge in [0.1, 0.15) is 0 Å². The molecule has 0 fully saturated rings. The van der Waals surface area contributed by atoms with Crippen molar-refractivity contribution in [2.24, 2.45) is 5.92 Å². The smallest absolute Gasteiger partial charge is 0.416 e. The zero-order chi connectivity index (χ0) is 20.2. The van der Waals surface area contributed by atoms with Crippen LogP contribution in [-0.2, 0) is 20.5 Å². The number of benzene rings is 2. The van der Waals surface area contributed by atoms with Crippen molar-refractivity contribution >= 4 is 29.2 Å². The normalized spacial score (nSPS) is 12.6. The van der Waals surface area contributed by atoms with Crippen molar-refractivity contribution in [1.82, 2.24) is 0 Å². The Bertz CT molecular complexity index is 823. The molecule has 0 heterocycles. The molecule has 0 aliphatic carbocycles. The van der Waals surface area contributed by atoms with E-state index < -0.39 is 35.6 Å². The lowest BCUT2D eigenvalue weighted by molar-refractivity contribution is -0.157. The zero-order valence-corrected chi connectivity index (χ0v) is 15.3. The van der Waals surface area contributed by atoms with E-state index in [1.807, 2.05) is 0 Å². The number of amides is 1. The highest BCUT2D eigenvalue weighted by atomic mass is 35.5. The summed E-state index contributed by atoms with van der Waals surface area (Å²) in [7, 11) is 0. The van der Waals surface area contributed by atoms with Gasteiger partial charge in [-0.1, -0.05) is 55.8 Å². The Morgan fingerprint density at radius 3 is 2.26 bits per heavy atom. The third-order valence-corrected chi connectivity index (χ3v) is 3.93. The average molecular weight is 400 g/mol.